The van der Waals surface area contributed by atoms with Crippen molar-refractivity contribution in [2.24, 2.45) is 10.4 Å². The van der Waals surface area contributed by atoms with E-state index in [1.807, 2.05) is 6.92 Å². The first-order chi connectivity index (χ1) is 12.8. The number of alkyl halides is 3. The Hall–Kier alpha value is -1.07. The van der Waals surface area contributed by atoms with Gasteiger partial charge in [0.25, 0.3) is 0 Å². The van der Waals surface area contributed by atoms with Crippen LogP contribution in [-0.4, -0.2) is 68.6 Å². The van der Waals surface area contributed by atoms with E-state index in [0.29, 0.717) is 16.8 Å². The predicted octanol–water partition coefficient (Wildman–Crippen LogP) is 2.06. The summed E-state index contributed by atoms with van der Waals surface area (Å²) in [5, 5.41) is 6.64. The first kappa shape index (κ1) is 23.2. The van der Waals surface area contributed by atoms with Crippen molar-refractivity contribution in [3.63, 3.8) is 0 Å². The number of piperidine rings is 1. The van der Waals surface area contributed by atoms with Gasteiger partial charge in [-0.2, -0.15) is 17.5 Å². The van der Waals surface area contributed by atoms with Gasteiger partial charge in [-0.3, -0.25) is 4.99 Å². The summed E-state index contributed by atoms with van der Waals surface area (Å²) in [6.45, 7) is 8.39. The van der Waals surface area contributed by atoms with Crippen molar-refractivity contribution in [1.82, 2.24) is 14.9 Å². The van der Waals surface area contributed by atoms with Gasteiger partial charge in [-0.25, -0.2) is 8.42 Å². The number of methoxy groups -OCH3 is 1. The number of ether oxygens (including phenoxy) is 1. The van der Waals surface area contributed by atoms with Gasteiger partial charge >= 0.3 is 15.5 Å². The summed E-state index contributed by atoms with van der Waals surface area (Å²) in [4.78, 5) is 4.43. The zero-order valence-corrected chi connectivity index (χ0v) is 17.9. The van der Waals surface area contributed by atoms with Crippen LogP contribution in [0, 0.1) is 5.41 Å². The van der Waals surface area contributed by atoms with Crippen molar-refractivity contribution in [2.75, 3.05) is 26.7 Å². The van der Waals surface area contributed by atoms with E-state index in [9.17, 15) is 21.6 Å². The van der Waals surface area contributed by atoms with E-state index in [1.165, 1.54) is 0 Å². The van der Waals surface area contributed by atoms with Crippen molar-refractivity contribution in [1.29, 1.82) is 0 Å². The Bertz CT molecular complexity index is 688. The van der Waals surface area contributed by atoms with Crippen LogP contribution in [-0.2, 0) is 14.8 Å². The molecule has 1 saturated heterocycles. The Morgan fingerprint density at radius 1 is 1.21 bits per heavy atom. The SMILES string of the molecule is CCN=C(NC1CCN(S(=O)(=O)C(F)(F)F)CC1)NC1CC(C)(OC)C1(C)C. The average molecular weight is 429 g/mol. The Labute approximate surface area is 165 Å². The molecule has 2 aliphatic rings. The first-order valence-electron chi connectivity index (χ1n) is 9.47. The van der Waals surface area contributed by atoms with Crippen molar-refractivity contribution in [3.05, 3.63) is 0 Å². The number of aliphatic imine (C=N–C) groups is 1. The van der Waals surface area contributed by atoms with Crippen LogP contribution in [0.2, 0.25) is 0 Å². The number of rotatable bonds is 5. The van der Waals surface area contributed by atoms with Gasteiger partial charge in [-0.1, -0.05) is 13.8 Å². The average Bonchev–Trinajstić information content (AvgIpc) is 2.60. The number of nitrogens with zero attached hydrogens (tertiary/aromatic N) is 2. The first-order valence-corrected chi connectivity index (χ1v) is 10.9. The maximum Gasteiger partial charge on any atom is 0.511 e. The maximum absolute atomic E-state index is 12.7. The highest BCUT2D eigenvalue weighted by Gasteiger charge is 2.58. The second-order valence-corrected chi connectivity index (χ2v) is 10.1. The van der Waals surface area contributed by atoms with Crippen LogP contribution >= 0.6 is 0 Å². The normalized spacial score (nSPS) is 30.0. The Balaban J connectivity index is 1.94. The highest BCUT2D eigenvalue weighted by atomic mass is 32.2. The molecule has 0 spiro atoms. The summed E-state index contributed by atoms with van der Waals surface area (Å²) >= 11 is 0. The molecule has 11 heteroatoms. The minimum Gasteiger partial charge on any atom is -0.378 e. The Kier molecular flexibility index (Phi) is 6.62. The molecule has 2 rings (SSSR count). The quantitative estimate of drug-likeness (QED) is 0.517. The lowest BCUT2D eigenvalue weighted by molar-refractivity contribution is -0.176. The molecule has 1 saturated carbocycles. The third kappa shape index (κ3) is 4.25. The lowest BCUT2D eigenvalue weighted by Crippen LogP contribution is -2.70. The molecule has 2 fully saturated rings. The molecule has 0 aromatic carbocycles. The summed E-state index contributed by atoms with van der Waals surface area (Å²) in [5.74, 6) is 0.593. The fourth-order valence-corrected chi connectivity index (χ4v) is 4.74. The van der Waals surface area contributed by atoms with Gasteiger partial charge in [0, 0.05) is 44.2 Å². The molecule has 164 valence electrons. The molecule has 0 aromatic heterocycles. The molecule has 0 bridgehead atoms. The molecular weight excluding hydrogens is 397 g/mol. The van der Waals surface area contributed by atoms with E-state index >= 15 is 0 Å². The van der Waals surface area contributed by atoms with Gasteiger partial charge in [0.05, 0.1) is 5.60 Å². The minimum absolute atomic E-state index is 0.123. The summed E-state index contributed by atoms with van der Waals surface area (Å²) < 4.78 is 67.3. The zero-order valence-electron chi connectivity index (χ0n) is 17.1. The lowest BCUT2D eigenvalue weighted by atomic mass is 9.56. The molecular formula is C17H31F3N4O3S. The summed E-state index contributed by atoms with van der Waals surface area (Å²) in [7, 11) is -3.57. The maximum atomic E-state index is 12.7. The van der Waals surface area contributed by atoms with Gasteiger partial charge in [-0.05, 0) is 33.1 Å². The molecule has 7 nitrogen and oxygen atoms in total. The smallest absolute Gasteiger partial charge is 0.378 e. The summed E-state index contributed by atoms with van der Waals surface area (Å²) in [5.41, 5.74) is -5.62. The second-order valence-electron chi connectivity index (χ2n) is 8.15. The minimum atomic E-state index is -5.26. The van der Waals surface area contributed by atoms with Crippen molar-refractivity contribution >= 4 is 16.0 Å². The molecule has 2 unspecified atom stereocenters. The molecule has 1 aliphatic carbocycles. The van der Waals surface area contributed by atoms with E-state index in [1.54, 1.807) is 7.11 Å². The van der Waals surface area contributed by atoms with Crippen LogP contribution in [0.15, 0.2) is 4.99 Å². The van der Waals surface area contributed by atoms with Gasteiger partial charge in [-0.15, -0.1) is 0 Å². The van der Waals surface area contributed by atoms with E-state index in [2.05, 4.69) is 36.4 Å². The van der Waals surface area contributed by atoms with Crippen LogP contribution in [0.25, 0.3) is 0 Å². The van der Waals surface area contributed by atoms with Gasteiger partial charge in [0.15, 0.2) is 5.96 Å². The number of guanidine groups is 1. The molecule has 2 atom stereocenters. The fraction of sp³-hybridized carbons (Fsp3) is 0.941. The van der Waals surface area contributed by atoms with Crippen molar-refractivity contribution < 1.29 is 26.3 Å². The van der Waals surface area contributed by atoms with E-state index in [-0.39, 0.29) is 49.0 Å². The molecule has 0 amide bonds. The number of nitrogens with one attached hydrogen (secondary N) is 2. The van der Waals surface area contributed by atoms with Gasteiger partial charge < -0.3 is 15.4 Å². The molecule has 2 N–H and O–H groups in total. The number of hydrogen-bond donors (Lipinski definition) is 2. The summed E-state index contributed by atoms with van der Waals surface area (Å²) in [6.07, 6.45) is 1.37. The summed E-state index contributed by atoms with van der Waals surface area (Å²) in [6, 6.07) is -0.00423. The second kappa shape index (κ2) is 7.98. The van der Waals surface area contributed by atoms with Crippen LogP contribution in [0.5, 0.6) is 0 Å². The number of sulfonamides is 1. The number of halogens is 3. The molecule has 1 heterocycles. The van der Waals surface area contributed by atoms with Crippen LogP contribution < -0.4 is 10.6 Å². The van der Waals surface area contributed by atoms with Crippen LogP contribution in [0.3, 0.4) is 0 Å². The van der Waals surface area contributed by atoms with E-state index < -0.39 is 15.5 Å². The topological polar surface area (TPSA) is 83.0 Å². The van der Waals surface area contributed by atoms with Crippen molar-refractivity contribution in [2.45, 2.75) is 70.2 Å². The number of hydrogen-bond acceptors (Lipinski definition) is 4. The predicted molar refractivity (Wildman–Crippen MR) is 101 cm³/mol. The van der Waals surface area contributed by atoms with Crippen LogP contribution in [0.1, 0.15) is 47.0 Å². The molecule has 0 aromatic rings. The molecule has 0 radical (unpaired) electrons. The Morgan fingerprint density at radius 3 is 2.21 bits per heavy atom. The highest BCUT2D eigenvalue weighted by molar-refractivity contribution is 7.90. The van der Waals surface area contributed by atoms with Gasteiger partial charge in [0.2, 0.25) is 0 Å². The monoisotopic (exact) mass is 428 g/mol. The third-order valence-electron chi connectivity index (χ3n) is 6.33. The van der Waals surface area contributed by atoms with Gasteiger partial charge in [0.1, 0.15) is 0 Å². The van der Waals surface area contributed by atoms with Crippen LogP contribution in [0.4, 0.5) is 13.2 Å². The molecule has 28 heavy (non-hydrogen) atoms. The zero-order chi connectivity index (χ0) is 21.4. The molecule has 1 aliphatic heterocycles. The largest absolute Gasteiger partial charge is 0.511 e. The van der Waals surface area contributed by atoms with Crippen molar-refractivity contribution in [3.8, 4) is 0 Å². The standard InChI is InChI=1S/C17H31F3N4O3S/c1-6-21-14(23-13-11-16(4,27-5)15(13,2)3)22-12-7-9-24(10-8-12)28(25,26)17(18,19)20/h12-13H,6-11H2,1-5H3,(H2,21,22,23). The Morgan fingerprint density at radius 2 is 1.79 bits per heavy atom. The van der Waals surface area contributed by atoms with E-state index in [0.717, 1.165) is 6.42 Å². The fourth-order valence-electron chi connectivity index (χ4n) is 3.76. The third-order valence-corrected chi connectivity index (χ3v) is 7.96. The van der Waals surface area contributed by atoms with E-state index in [4.69, 9.17) is 4.74 Å². The lowest BCUT2D eigenvalue weighted by Gasteiger charge is -2.59. The highest BCUT2D eigenvalue weighted by Crippen LogP contribution is 2.51.